The highest BCUT2D eigenvalue weighted by Crippen LogP contribution is 2.38. The van der Waals surface area contributed by atoms with E-state index in [1.54, 1.807) is 32.4 Å². The first-order chi connectivity index (χ1) is 18.1. The van der Waals surface area contributed by atoms with Crippen molar-refractivity contribution in [3.8, 4) is 22.6 Å². The van der Waals surface area contributed by atoms with Crippen molar-refractivity contribution in [2.75, 3.05) is 20.8 Å². The van der Waals surface area contributed by atoms with Gasteiger partial charge in [-0.1, -0.05) is 48.0 Å². The lowest BCUT2D eigenvalue weighted by atomic mass is 9.98. The average molecular weight is 559 g/mol. The highest BCUT2D eigenvalue weighted by molar-refractivity contribution is 7.89. The number of sulfonamides is 1. The number of carboxylic acid groups (broad SMARTS) is 1. The van der Waals surface area contributed by atoms with E-state index in [0.717, 1.165) is 15.4 Å². The van der Waals surface area contributed by atoms with Gasteiger partial charge in [-0.05, 0) is 47.9 Å². The lowest BCUT2D eigenvalue weighted by molar-refractivity contribution is -0.143. The highest BCUT2D eigenvalue weighted by Gasteiger charge is 2.43. The Morgan fingerprint density at radius 2 is 1.68 bits per heavy atom. The van der Waals surface area contributed by atoms with Gasteiger partial charge >= 0.3 is 5.97 Å². The zero-order chi connectivity index (χ0) is 27.4. The van der Waals surface area contributed by atoms with E-state index in [0.29, 0.717) is 17.1 Å². The maximum absolute atomic E-state index is 13.0. The van der Waals surface area contributed by atoms with E-state index >= 15 is 0 Å². The first-order valence-electron chi connectivity index (χ1n) is 11.8. The predicted molar refractivity (Wildman–Crippen MR) is 142 cm³/mol. The number of carboxylic acids is 1. The molecule has 200 valence electrons. The van der Waals surface area contributed by atoms with Crippen LogP contribution in [0.5, 0.6) is 11.5 Å². The van der Waals surface area contributed by atoms with Gasteiger partial charge in [-0.2, -0.15) is 4.31 Å². The Hall–Kier alpha value is -3.60. The van der Waals surface area contributed by atoms with Crippen molar-refractivity contribution in [2.24, 2.45) is 0 Å². The van der Waals surface area contributed by atoms with Gasteiger partial charge in [-0.15, -0.1) is 0 Å². The molecule has 1 saturated heterocycles. The lowest BCUT2D eigenvalue weighted by Crippen LogP contribution is -2.60. The van der Waals surface area contributed by atoms with E-state index in [1.807, 2.05) is 30.3 Å². The fourth-order valence-electron chi connectivity index (χ4n) is 4.32. The van der Waals surface area contributed by atoms with E-state index in [-0.39, 0.29) is 29.3 Å². The number of nitrogens with zero attached hydrogens (tertiary/aromatic N) is 1. The van der Waals surface area contributed by atoms with Crippen LogP contribution < -0.4 is 14.8 Å². The van der Waals surface area contributed by atoms with Crippen LogP contribution in [0.15, 0.2) is 71.6 Å². The van der Waals surface area contributed by atoms with Gasteiger partial charge < -0.3 is 19.9 Å². The molecule has 2 N–H and O–H groups in total. The Labute approximate surface area is 226 Å². The van der Waals surface area contributed by atoms with Crippen LogP contribution in [-0.2, 0) is 26.0 Å². The number of ether oxygens (including phenoxy) is 2. The Morgan fingerprint density at radius 3 is 2.21 bits per heavy atom. The standard InChI is InChI=1S/C27H27ClN2O7S/c1-36-23-7-4-8-24(37-2)25(23)18-11-9-17(10-12-18)15-21(27(32)33)29-26(31)22-13-14-30(22)38(34,35)20-6-3-5-19(28)16-20/h3-12,16,21-22H,13-15H2,1-2H3,(H,29,31)(H,32,33)/t21-,22-/m0/s1. The highest BCUT2D eigenvalue weighted by atomic mass is 35.5. The molecule has 1 aliphatic rings. The number of amides is 1. The third kappa shape index (κ3) is 5.62. The molecule has 2 atom stereocenters. The summed E-state index contributed by atoms with van der Waals surface area (Å²) in [5.41, 5.74) is 2.25. The summed E-state index contributed by atoms with van der Waals surface area (Å²) in [6.45, 7) is 0.151. The number of nitrogens with one attached hydrogen (secondary N) is 1. The van der Waals surface area contributed by atoms with Crippen LogP contribution in [-0.4, -0.2) is 62.6 Å². The third-order valence-corrected chi connectivity index (χ3v) is 8.54. The topological polar surface area (TPSA) is 122 Å². The van der Waals surface area contributed by atoms with Gasteiger partial charge in [0.15, 0.2) is 0 Å². The maximum Gasteiger partial charge on any atom is 0.326 e. The summed E-state index contributed by atoms with van der Waals surface area (Å²) in [4.78, 5) is 24.9. The number of hydrogen-bond acceptors (Lipinski definition) is 6. The van der Waals surface area contributed by atoms with Crippen LogP contribution in [0.4, 0.5) is 0 Å². The van der Waals surface area contributed by atoms with Crippen molar-refractivity contribution in [1.29, 1.82) is 0 Å². The summed E-state index contributed by atoms with van der Waals surface area (Å²) in [5.74, 6) is -0.627. The minimum Gasteiger partial charge on any atom is -0.496 e. The molecule has 11 heteroatoms. The molecule has 1 amide bonds. The molecular weight excluding hydrogens is 532 g/mol. The van der Waals surface area contributed by atoms with Crippen molar-refractivity contribution in [3.05, 3.63) is 77.3 Å². The first-order valence-corrected chi connectivity index (χ1v) is 13.6. The number of hydrogen-bond donors (Lipinski definition) is 2. The Morgan fingerprint density at radius 1 is 1.05 bits per heavy atom. The zero-order valence-corrected chi connectivity index (χ0v) is 22.3. The Balaban J connectivity index is 1.47. The smallest absolute Gasteiger partial charge is 0.326 e. The maximum atomic E-state index is 13.0. The summed E-state index contributed by atoms with van der Waals surface area (Å²) in [6.07, 6.45) is 0.297. The molecule has 3 aromatic carbocycles. The Kier molecular flexibility index (Phi) is 8.25. The number of halogens is 1. The summed E-state index contributed by atoms with van der Waals surface area (Å²) in [6, 6.07) is 16.2. The van der Waals surface area contributed by atoms with E-state index in [1.165, 1.54) is 18.2 Å². The molecule has 0 aliphatic carbocycles. The molecule has 1 fully saturated rings. The molecule has 9 nitrogen and oxygen atoms in total. The fraction of sp³-hybridized carbons (Fsp3) is 0.259. The second-order valence-electron chi connectivity index (χ2n) is 8.72. The summed E-state index contributed by atoms with van der Waals surface area (Å²) < 4.78 is 37.9. The largest absolute Gasteiger partial charge is 0.496 e. The molecule has 38 heavy (non-hydrogen) atoms. The van der Waals surface area contributed by atoms with Crippen LogP contribution in [0.2, 0.25) is 5.02 Å². The van der Waals surface area contributed by atoms with E-state index < -0.39 is 34.0 Å². The summed E-state index contributed by atoms with van der Waals surface area (Å²) in [5, 5.41) is 12.5. The van der Waals surface area contributed by atoms with Crippen molar-refractivity contribution >= 4 is 33.5 Å². The van der Waals surface area contributed by atoms with Crippen molar-refractivity contribution < 1.29 is 32.6 Å². The number of methoxy groups -OCH3 is 2. The second-order valence-corrected chi connectivity index (χ2v) is 11.0. The molecule has 0 radical (unpaired) electrons. The van der Waals surface area contributed by atoms with Gasteiger partial charge in [-0.25, -0.2) is 13.2 Å². The number of benzene rings is 3. The summed E-state index contributed by atoms with van der Waals surface area (Å²) in [7, 11) is -0.825. The van der Waals surface area contributed by atoms with Gasteiger partial charge in [-0.3, -0.25) is 4.79 Å². The van der Waals surface area contributed by atoms with E-state index in [2.05, 4.69) is 5.32 Å². The van der Waals surface area contributed by atoms with Crippen LogP contribution in [0.1, 0.15) is 12.0 Å². The zero-order valence-electron chi connectivity index (χ0n) is 20.8. The van der Waals surface area contributed by atoms with Crippen LogP contribution in [0.3, 0.4) is 0 Å². The molecule has 0 bridgehead atoms. The van der Waals surface area contributed by atoms with Crippen LogP contribution in [0, 0.1) is 0 Å². The quantitative estimate of drug-likeness (QED) is 0.390. The van der Waals surface area contributed by atoms with Gasteiger partial charge in [0, 0.05) is 18.0 Å². The average Bonchev–Trinajstić information content (AvgIpc) is 2.87. The molecule has 1 aliphatic heterocycles. The minimum absolute atomic E-state index is 0.0121. The predicted octanol–water partition coefficient (Wildman–Crippen LogP) is 3.60. The van der Waals surface area contributed by atoms with Gasteiger partial charge in [0.1, 0.15) is 23.6 Å². The molecule has 0 saturated carbocycles. The van der Waals surface area contributed by atoms with Gasteiger partial charge in [0.25, 0.3) is 0 Å². The Bertz CT molecular complexity index is 1420. The first kappa shape index (κ1) is 27.4. The monoisotopic (exact) mass is 558 g/mol. The van der Waals surface area contributed by atoms with E-state index in [9.17, 15) is 23.1 Å². The number of carbonyl (C=O) groups excluding carboxylic acids is 1. The normalized spacial score (nSPS) is 16.2. The SMILES string of the molecule is COc1cccc(OC)c1-c1ccc(C[C@H](NC(=O)[C@@H]2CCN2S(=O)(=O)c2cccc(Cl)c2)C(=O)O)cc1. The molecule has 3 aromatic rings. The molecular formula is C27H27ClN2O7S. The number of carbonyl (C=O) groups is 2. The van der Waals surface area contributed by atoms with Crippen molar-refractivity contribution in [1.82, 2.24) is 9.62 Å². The van der Waals surface area contributed by atoms with E-state index in [4.69, 9.17) is 21.1 Å². The number of aliphatic carboxylic acids is 1. The molecule has 0 spiro atoms. The molecule has 1 heterocycles. The molecule has 0 unspecified atom stereocenters. The fourth-order valence-corrected chi connectivity index (χ4v) is 6.26. The molecule has 4 rings (SSSR count). The third-order valence-electron chi connectivity index (χ3n) is 6.40. The van der Waals surface area contributed by atoms with Gasteiger partial charge in [0.2, 0.25) is 15.9 Å². The van der Waals surface area contributed by atoms with Crippen molar-refractivity contribution in [3.63, 3.8) is 0 Å². The van der Waals surface area contributed by atoms with Crippen molar-refractivity contribution in [2.45, 2.75) is 29.8 Å². The number of rotatable bonds is 10. The van der Waals surface area contributed by atoms with Crippen LogP contribution in [0.25, 0.3) is 11.1 Å². The lowest BCUT2D eigenvalue weighted by Gasteiger charge is -2.38. The minimum atomic E-state index is -3.96. The summed E-state index contributed by atoms with van der Waals surface area (Å²) >= 11 is 5.93. The van der Waals surface area contributed by atoms with Gasteiger partial charge in [0.05, 0.1) is 24.7 Å². The van der Waals surface area contributed by atoms with Crippen LogP contribution >= 0.6 is 11.6 Å². The molecule has 0 aromatic heterocycles. The second kappa shape index (κ2) is 11.4.